The van der Waals surface area contributed by atoms with Gasteiger partial charge >= 0.3 is 0 Å². The van der Waals surface area contributed by atoms with Gasteiger partial charge in [0, 0.05) is 17.8 Å². The smallest absolute Gasteiger partial charge is 0.254 e. The first-order valence-electron chi connectivity index (χ1n) is 13.0. The third-order valence-corrected chi connectivity index (χ3v) is 8.35. The van der Waals surface area contributed by atoms with E-state index in [-0.39, 0.29) is 5.91 Å². The Bertz CT molecular complexity index is 1110. The number of thioether (sulfide) groups is 1. The molecule has 1 fully saturated rings. The zero-order valence-electron chi connectivity index (χ0n) is 22.9. The van der Waals surface area contributed by atoms with Crippen LogP contribution in [0.15, 0.2) is 54.6 Å². The largest absolute Gasteiger partial charge is 0.381 e. The van der Waals surface area contributed by atoms with Gasteiger partial charge in [-0.25, -0.2) is 0 Å². The first kappa shape index (κ1) is 29.9. The number of aliphatic hydroxyl groups excluding tert-OH is 1. The Balaban J connectivity index is 1.77. The highest BCUT2D eigenvalue weighted by molar-refractivity contribution is 8.00. The number of nitrogens with one attached hydrogen (secondary N) is 3. The number of hydrogen-bond donors (Lipinski definition) is 4. The quantitative estimate of drug-likeness (QED) is 0.334. The molecule has 38 heavy (non-hydrogen) atoms. The fourth-order valence-corrected chi connectivity index (χ4v) is 5.84. The molecule has 0 radical (unpaired) electrons. The van der Waals surface area contributed by atoms with Gasteiger partial charge in [0.1, 0.15) is 6.04 Å². The summed E-state index contributed by atoms with van der Waals surface area (Å²) >= 11 is 7.00. The molecular weight excluding hydrogens is 516 g/mol. The zero-order chi connectivity index (χ0) is 27.9. The lowest BCUT2D eigenvalue weighted by Gasteiger charge is -2.33. The summed E-state index contributed by atoms with van der Waals surface area (Å²) in [5.74, 6) is -0.0132. The summed E-state index contributed by atoms with van der Waals surface area (Å²) in [5, 5.41) is 21.1. The fraction of sp³-hybridized carbons (Fsp3) is 0.483. The van der Waals surface area contributed by atoms with Crippen molar-refractivity contribution in [2.24, 2.45) is 5.92 Å². The molecule has 1 saturated heterocycles. The summed E-state index contributed by atoms with van der Waals surface area (Å²) < 4.78 is -0.512. The van der Waals surface area contributed by atoms with Crippen LogP contribution in [-0.4, -0.2) is 62.3 Å². The maximum Gasteiger partial charge on any atom is 0.254 e. The van der Waals surface area contributed by atoms with Gasteiger partial charge in [-0.2, -0.15) is 0 Å². The van der Waals surface area contributed by atoms with Crippen molar-refractivity contribution in [3.05, 3.63) is 71.3 Å². The molecule has 1 aliphatic rings. The summed E-state index contributed by atoms with van der Waals surface area (Å²) in [6, 6.07) is 16.2. The lowest BCUT2D eigenvalue weighted by atomic mass is 9.97. The number of aryl methyl sites for hydroxylation is 1. The number of amides is 2. The normalized spacial score (nSPS) is 18.1. The van der Waals surface area contributed by atoms with Crippen molar-refractivity contribution in [3.8, 4) is 0 Å². The molecule has 0 spiro atoms. The lowest BCUT2D eigenvalue weighted by molar-refractivity contribution is -0.147. The van der Waals surface area contributed by atoms with Crippen molar-refractivity contribution in [1.82, 2.24) is 20.9 Å². The van der Waals surface area contributed by atoms with Crippen LogP contribution in [0.2, 0.25) is 0 Å². The lowest BCUT2D eigenvalue weighted by Crippen LogP contribution is -2.59. The highest BCUT2D eigenvalue weighted by Crippen LogP contribution is 2.40. The molecule has 1 aliphatic heterocycles. The Hall–Kier alpha value is -2.62. The molecule has 0 aromatic heterocycles. The van der Waals surface area contributed by atoms with Gasteiger partial charge in [-0.15, -0.1) is 11.8 Å². The minimum absolute atomic E-state index is 0.231. The first-order valence-corrected chi connectivity index (χ1v) is 14.4. The van der Waals surface area contributed by atoms with E-state index < -0.39 is 28.8 Å². The molecule has 3 rings (SSSR count). The van der Waals surface area contributed by atoms with E-state index in [9.17, 15) is 14.7 Å². The van der Waals surface area contributed by atoms with Crippen LogP contribution in [0.1, 0.15) is 44.4 Å². The molecule has 9 heteroatoms. The molecule has 0 aliphatic carbocycles. The standard InChI is InChI=1S/C29H40N4O3S2/c1-19(2)16-31-28(37)32-23(15-21-12-7-6-8-13-21)24(34)27(36)33-18-38-29(4,5)25(33)26(35)30-17-22-14-10-9-11-20(22)3/h6-14,19,23-25,34H,15-18H2,1-5H3,(H,30,35)(H2,31,32,37). The Morgan fingerprint density at radius 1 is 1.11 bits per heavy atom. The molecule has 0 saturated carbocycles. The second-order valence-corrected chi connectivity index (χ2v) is 12.7. The summed E-state index contributed by atoms with van der Waals surface area (Å²) in [6.07, 6.45) is -0.999. The molecule has 2 aromatic rings. The van der Waals surface area contributed by atoms with Crippen LogP contribution in [-0.2, 0) is 22.6 Å². The number of nitrogens with zero attached hydrogens (tertiary/aromatic N) is 1. The number of hydrogen-bond acceptors (Lipinski definition) is 5. The number of carbonyl (C=O) groups is 2. The molecule has 206 valence electrons. The van der Waals surface area contributed by atoms with Crippen molar-refractivity contribution < 1.29 is 14.7 Å². The summed E-state index contributed by atoms with van der Waals surface area (Å²) in [5.41, 5.74) is 3.08. The second kappa shape index (κ2) is 13.4. The Kier molecular flexibility index (Phi) is 10.6. The monoisotopic (exact) mass is 556 g/mol. The van der Waals surface area contributed by atoms with Crippen molar-refractivity contribution in [2.75, 3.05) is 12.4 Å². The highest BCUT2D eigenvalue weighted by Gasteiger charge is 2.49. The van der Waals surface area contributed by atoms with Gasteiger partial charge in [0.05, 0.1) is 11.9 Å². The van der Waals surface area contributed by atoms with Crippen molar-refractivity contribution in [3.63, 3.8) is 0 Å². The minimum atomic E-state index is -1.39. The van der Waals surface area contributed by atoms with Gasteiger partial charge in [0.15, 0.2) is 11.2 Å². The van der Waals surface area contributed by atoms with E-state index in [1.165, 1.54) is 16.7 Å². The van der Waals surface area contributed by atoms with E-state index in [2.05, 4.69) is 29.8 Å². The van der Waals surface area contributed by atoms with Gasteiger partial charge in [-0.3, -0.25) is 9.59 Å². The molecular formula is C29H40N4O3S2. The third-order valence-electron chi connectivity index (χ3n) is 6.71. The van der Waals surface area contributed by atoms with E-state index >= 15 is 0 Å². The average molecular weight is 557 g/mol. The molecule has 2 aromatic carbocycles. The van der Waals surface area contributed by atoms with Crippen LogP contribution in [0.3, 0.4) is 0 Å². The van der Waals surface area contributed by atoms with Gasteiger partial charge in [-0.05, 0) is 62.0 Å². The van der Waals surface area contributed by atoms with E-state index in [4.69, 9.17) is 12.2 Å². The number of thiocarbonyl (C=S) groups is 1. The summed E-state index contributed by atoms with van der Waals surface area (Å²) in [7, 11) is 0. The second-order valence-electron chi connectivity index (χ2n) is 10.7. The van der Waals surface area contributed by atoms with Crippen molar-refractivity contribution in [1.29, 1.82) is 0 Å². The summed E-state index contributed by atoms with van der Waals surface area (Å²) in [6.45, 7) is 11.1. The van der Waals surface area contributed by atoms with Crippen LogP contribution < -0.4 is 16.0 Å². The van der Waals surface area contributed by atoms with Gasteiger partial charge in [0.25, 0.3) is 5.91 Å². The molecule has 3 unspecified atom stereocenters. The molecule has 3 atom stereocenters. The Morgan fingerprint density at radius 3 is 2.42 bits per heavy atom. The predicted octanol–water partition coefficient (Wildman–Crippen LogP) is 3.38. The maximum atomic E-state index is 13.7. The van der Waals surface area contributed by atoms with E-state index in [1.54, 1.807) is 0 Å². The van der Waals surface area contributed by atoms with Gasteiger partial charge < -0.3 is 26.0 Å². The van der Waals surface area contributed by atoms with Crippen molar-refractivity contribution >= 4 is 40.9 Å². The molecule has 4 N–H and O–H groups in total. The van der Waals surface area contributed by atoms with Crippen LogP contribution >= 0.6 is 24.0 Å². The molecule has 1 heterocycles. The molecule has 0 bridgehead atoms. The highest BCUT2D eigenvalue weighted by atomic mass is 32.2. The predicted molar refractivity (Wildman–Crippen MR) is 159 cm³/mol. The van der Waals surface area contributed by atoms with Gasteiger partial charge in [-0.1, -0.05) is 68.4 Å². The van der Waals surface area contributed by atoms with Crippen LogP contribution in [0.5, 0.6) is 0 Å². The fourth-order valence-electron chi connectivity index (χ4n) is 4.47. The zero-order valence-corrected chi connectivity index (χ0v) is 24.5. The molecule has 7 nitrogen and oxygen atoms in total. The Morgan fingerprint density at radius 2 is 1.76 bits per heavy atom. The minimum Gasteiger partial charge on any atom is -0.381 e. The van der Waals surface area contributed by atoms with Gasteiger partial charge in [0.2, 0.25) is 5.91 Å². The van der Waals surface area contributed by atoms with E-state index in [0.717, 1.165) is 16.7 Å². The summed E-state index contributed by atoms with van der Waals surface area (Å²) in [4.78, 5) is 28.7. The van der Waals surface area contributed by atoms with Crippen LogP contribution in [0.4, 0.5) is 0 Å². The third kappa shape index (κ3) is 7.94. The Labute approximate surface area is 236 Å². The van der Waals surface area contributed by atoms with Crippen LogP contribution in [0, 0.1) is 12.8 Å². The number of rotatable bonds is 10. The SMILES string of the molecule is Cc1ccccc1CNC(=O)C1N(C(=O)C(O)C(Cc2ccccc2)NC(=S)NCC(C)C)CSC1(C)C. The van der Waals surface area contributed by atoms with E-state index in [1.807, 2.05) is 75.4 Å². The maximum absolute atomic E-state index is 13.7. The average Bonchev–Trinajstić information content (AvgIpc) is 3.21. The molecule has 2 amide bonds. The van der Waals surface area contributed by atoms with Crippen molar-refractivity contribution in [2.45, 2.75) is 70.5 Å². The number of benzene rings is 2. The topological polar surface area (TPSA) is 93.7 Å². The number of aliphatic hydroxyl groups is 1. The van der Waals surface area contributed by atoms with Crippen LogP contribution in [0.25, 0.3) is 0 Å². The first-order chi connectivity index (χ1) is 18.0. The van der Waals surface area contributed by atoms with E-state index in [0.29, 0.717) is 36.4 Å². The number of carbonyl (C=O) groups excluding carboxylic acids is 2.